The minimum Gasteiger partial charge on any atom is -0.345 e. The molecule has 0 saturated heterocycles. The van der Waals surface area contributed by atoms with E-state index in [4.69, 9.17) is 34.8 Å². The first kappa shape index (κ1) is 30.3. The van der Waals surface area contributed by atoms with Crippen molar-refractivity contribution in [2.75, 3.05) is 6.54 Å². The molecule has 2 aromatic carbocycles. The number of rotatable bonds is 7. The molecule has 0 bridgehead atoms. The van der Waals surface area contributed by atoms with E-state index in [-0.39, 0.29) is 36.2 Å². The maximum Gasteiger partial charge on any atom is 0.405 e. The molecule has 0 aromatic heterocycles. The summed E-state index contributed by atoms with van der Waals surface area (Å²) in [5.41, 5.74) is -0.0231. The molecule has 2 rings (SSSR count). The number of hydrogen-bond acceptors (Lipinski definition) is 2. The third-order valence-corrected chi connectivity index (χ3v) is 6.36. The van der Waals surface area contributed by atoms with E-state index in [1.807, 2.05) is 0 Å². The van der Waals surface area contributed by atoms with E-state index < -0.39 is 42.7 Å². The lowest BCUT2D eigenvalue weighted by Gasteiger charge is -2.19. The Balaban J connectivity index is 2.20. The summed E-state index contributed by atoms with van der Waals surface area (Å²) in [7, 11) is 0. The molecule has 1 unspecified atom stereocenters. The summed E-state index contributed by atoms with van der Waals surface area (Å²) in [6.45, 7) is -0.358. The molecule has 2 aromatic rings. The third kappa shape index (κ3) is 8.57. The van der Waals surface area contributed by atoms with Crippen LogP contribution in [0.1, 0.15) is 34.3 Å². The Morgan fingerprint density at radius 3 is 2.17 bits per heavy atom. The number of hydrogen-bond donors (Lipinski definition) is 2. The van der Waals surface area contributed by atoms with Crippen molar-refractivity contribution in [1.29, 1.82) is 0 Å². The van der Waals surface area contributed by atoms with Crippen LogP contribution in [0.3, 0.4) is 0 Å². The van der Waals surface area contributed by atoms with Crippen LogP contribution in [-0.2, 0) is 4.79 Å². The van der Waals surface area contributed by atoms with Crippen LogP contribution in [0, 0.1) is 0 Å². The highest BCUT2D eigenvalue weighted by atomic mass is 79.9. The highest BCUT2D eigenvalue weighted by Gasteiger charge is 2.40. The van der Waals surface area contributed by atoms with Gasteiger partial charge in [0.2, 0.25) is 5.91 Å². The Morgan fingerprint density at radius 2 is 1.61 bits per heavy atom. The van der Waals surface area contributed by atoms with Gasteiger partial charge in [0.15, 0.2) is 0 Å². The molecule has 0 fully saturated rings. The molecular weight excluding hydrogens is 625 g/mol. The molecule has 0 aliphatic heterocycles. The number of carbonyl (C=O) groups excluding carboxylic acids is 2. The number of allylic oxidation sites excluding steroid dienone is 1. The van der Waals surface area contributed by atoms with Crippen LogP contribution in [-0.4, -0.2) is 36.8 Å². The van der Waals surface area contributed by atoms with Crippen LogP contribution >= 0.6 is 50.7 Å². The quantitative estimate of drug-likeness (QED) is 0.243. The van der Waals surface area contributed by atoms with Gasteiger partial charge >= 0.3 is 12.4 Å². The van der Waals surface area contributed by atoms with Crippen molar-refractivity contribution in [2.24, 2.45) is 0 Å². The van der Waals surface area contributed by atoms with Gasteiger partial charge in [0.05, 0.1) is 21.5 Å². The lowest BCUT2D eigenvalue weighted by Crippen LogP contribution is -2.47. The van der Waals surface area contributed by atoms with Gasteiger partial charge in [-0.15, -0.1) is 0 Å². The van der Waals surface area contributed by atoms with Crippen LogP contribution in [0.15, 0.2) is 40.9 Å². The van der Waals surface area contributed by atoms with Gasteiger partial charge in [-0.25, -0.2) is 0 Å². The van der Waals surface area contributed by atoms with Gasteiger partial charge in [0.1, 0.15) is 12.6 Å². The molecule has 0 aliphatic carbocycles. The van der Waals surface area contributed by atoms with Gasteiger partial charge < -0.3 is 10.6 Å². The highest BCUT2D eigenvalue weighted by molar-refractivity contribution is 9.10. The Hall–Kier alpha value is -1.95. The second-order valence-electron chi connectivity index (χ2n) is 7.43. The number of nitrogens with one attached hydrogen (secondary N) is 2. The molecule has 2 amide bonds. The molecule has 0 saturated carbocycles. The normalized spacial score (nSPS) is 14.0. The molecule has 2 N–H and O–H groups in total. The van der Waals surface area contributed by atoms with Crippen molar-refractivity contribution in [1.82, 2.24) is 10.6 Å². The Labute approximate surface area is 225 Å². The number of benzene rings is 2. The molecule has 2 atom stereocenters. The zero-order chi connectivity index (χ0) is 27.4. The zero-order valence-corrected chi connectivity index (χ0v) is 21.9. The van der Waals surface area contributed by atoms with E-state index >= 15 is 0 Å². The topological polar surface area (TPSA) is 58.2 Å². The fraction of sp³-hybridized carbons (Fsp3) is 0.273. The largest absolute Gasteiger partial charge is 0.405 e. The summed E-state index contributed by atoms with van der Waals surface area (Å²) in [5, 5.41) is 3.57. The molecule has 0 spiro atoms. The zero-order valence-electron chi connectivity index (χ0n) is 18.0. The molecule has 0 radical (unpaired) electrons. The molecular formula is C22H16BrCl3F6N2O2. The van der Waals surface area contributed by atoms with Crippen molar-refractivity contribution < 1.29 is 35.9 Å². The van der Waals surface area contributed by atoms with Crippen molar-refractivity contribution in [3.63, 3.8) is 0 Å². The molecule has 4 nitrogen and oxygen atoms in total. The maximum absolute atomic E-state index is 13.7. The van der Waals surface area contributed by atoms with E-state index in [1.54, 1.807) is 5.32 Å². The van der Waals surface area contributed by atoms with E-state index in [0.29, 0.717) is 0 Å². The average Bonchev–Trinajstić information content (AvgIpc) is 2.74. The van der Waals surface area contributed by atoms with Crippen molar-refractivity contribution in [3.8, 4) is 0 Å². The van der Waals surface area contributed by atoms with E-state index in [1.165, 1.54) is 25.1 Å². The molecule has 14 heteroatoms. The van der Waals surface area contributed by atoms with E-state index in [9.17, 15) is 35.9 Å². The van der Waals surface area contributed by atoms with Crippen LogP contribution in [0.4, 0.5) is 26.3 Å². The average molecular weight is 641 g/mol. The second kappa shape index (κ2) is 12.1. The summed E-state index contributed by atoms with van der Waals surface area (Å²) >= 11 is 20.7. The lowest BCUT2D eigenvalue weighted by atomic mass is 9.96. The minimum absolute atomic E-state index is 0.000248. The number of halogens is 10. The first-order valence-corrected chi connectivity index (χ1v) is 11.8. The van der Waals surface area contributed by atoms with E-state index in [2.05, 4.69) is 21.2 Å². The predicted octanol–water partition coefficient (Wildman–Crippen LogP) is 7.57. The van der Waals surface area contributed by atoms with Crippen LogP contribution in [0.2, 0.25) is 15.1 Å². The SMILES string of the molecule is C[C@@H](NC(=O)c1ccc(/C=C/C(c2cc(Cl)c(Cl)cc2Cl)C(F)(F)F)cc1Br)C(=O)NCC(F)(F)F. The smallest absolute Gasteiger partial charge is 0.345 e. The van der Waals surface area contributed by atoms with Crippen molar-refractivity contribution in [2.45, 2.75) is 31.2 Å². The molecule has 0 aliphatic rings. The second-order valence-corrected chi connectivity index (χ2v) is 9.51. The summed E-state index contributed by atoms with van der Waals surface area (Å²) in [4.78, 5) is 24.2. The molecule has 0 heterocycles. The predicted molar refractivity (Wildman–Crippen MR) is 129 cm³/mol. The maximum atomic E-state index is 13.7. The fourth-order valence-corrected chi connectivity index (χ4v) is 4.12. The Kier molecular flexibility index (Phi) is 10.1. The number of amides is 2. The van der Waals surface area contributed by atoms with Gasteiger partial charge in [0.25, 0.3) is 5.91 Å². The van der Waals surface area contributed by atoms with E-state index in [0.717, 1.165) is 24.3 Å². The summed E-state index contributed by atoms with van der Waals surface area (Å²) in [6.07, 6.45) is -7.30. The molecule has 196 valence electrons. The van der Waals surface area contributed by atoms with Gasteiger partial charge in [-0.2, -0.15) is 26.3 Å². The lowest BCUT2D eigenvalue weighted by molar-refractivity contribution is -0.139. The fourth-order valence-electron chi connectivity index (χ4n) is 2.87. The van der Waals surface area contributed by atoms with Crippen LogP contribution in [0.25, 0.3) is 6.08 Å². The standard InChI is InChI=1S/C22H16BrCl3F6N2O2/c1-10(19(35)33-9-21(27,28)29)34-20(36)12-4-2-11(6-15(12)23)3-5-14(22(30,31)32)13-7-17(25)18(26)8-16(13)24/h2-8,10,14H,9H2,1H3,(H,33,35)(H,34,36)/b5-3+/t10-,14?/m1/s1. The minimum atomic E-state index is -4.71. The number of alkyl halides is 6. The van der Waals surface area contributed by atoms with Crippen LogP contribution in [0.5, 0.6) is 0 Å². The monoisotopic (exact) mass is 638 g/mol. The van der Waals surface area contributed by atoms with Crippen molar-refractivity contribution in [3.05, 3.63) is 72.6 Å². The van der Waals surface area contributed by atoms with Gasteiger partial charge in [0, 0.05) is 9.50 Å². The Bertz CT molecular complexity index is 1170. The highest BCUT2D eigenvalue weighted by Crippen LogP contribution is 2.42. The van der Waals surface area contributed by atoms with Gasteiger partial charge in [-0.05, 0) is 58.2 Å². The Morgan fingerprint density at radius 1 is 1.00 bits per heavy atom. The first-order valence-electron chi connectivity index (χ1n) is 9.84. The van der Waals surface area contributed by atoms with Crippen molar-refractivity contribution >= 4 is 68.6 Å². The summed E-state index contributed by atoms with van der Waals surface area (Å²) in [6, 6.07) is 4.83. The number of carbonyl (C=O) groups is 2. The van der Waals surface area contributed by atoms with Gasteiger partial charge in [-0.1, -0.05) is 53.0 Å². The first-order chi connectivity index (χ1) is 16.5. The van der Waals surface area contributed by atoms with Gasteiger partial charge in [-0.3, -0.25) is 9.59 Å². The third-order valence-electron chi connectivity index (χ3n) is 4.65. The summed E-state index contributed by atoms with van der Waals surface area (Å²) < 4.78 is 78.1. The molecule has 36 heavy (non-hydrogen) atoms. The summed E-state index contributed by atoms with van der Waals surface area (Å²) in [5.74, 6) is -3.95. The van der Waals surface area contributed by atoms with Crippen LogP contribution < -0.4 is 10.6 Å².